The van der Waals surface area contributed by atoms with Gasteiger partial charge in [0.05, 0.1) is 5.56 Å². The van der Waals surface area contributed by atoms with Gasteiger partial charge < -0.3 is 9.80 Å². The number of likely N-dealkylation sites (N-methyl/N-ethyl adjacent to an activating group) is 1. The zero-order valence-electron chi connectivity index (χ0n) is 12.4. The van der Waals surface area contributed by atoms with Crippen molar-refractivity contribution in [2.75, 3.05) is 44.4 Å². The van der Waals surface area contributed by atoms with Crippen molar-refractivity contribution >= 4 is 15.8 Å². The molecule has 0 spiro atoms. The Kier molecular flexibility index (Phi) is 3.79. The molecule has 1 fully saturated rings. The SMILES string of the molecule is CN1CCN(c2ncc(-c3n[nH]c(S(C)(=O)=O)n3)cn2)CC1. The molecule has 0 radical (unpaired) electrons. The van der Waals surface area contributed by atoms with Crippen molar-refractivity contribution in [1.29, 1.82) is 0 Å². The van der Waals surface area contributed by atoms with E-state index >= 15 is 0 Å². The molecule has 9 nitrogen and oxygen atoms in total. The summed E-state index contributed by atoms with van der Waals surface area (Å²) < 4.78 is 22.8. The molecule has 118 valence electrons. The summed E-state index contributed by atoms with van der Waals surface area (Å²) in [6.07, 6.45) is 4.29. The summed E-state index contributed by atoms with van der Waals surface area (Å²) in [5.74, 6) is 0.932. The number of nitrogens with one attached hydrogen (secondary N) is 1. The van der Waals surface area contributed by atoms with Gasteiger partial charge in [-0.3, -0.25) is 0 Å². The van der Waals surface area contributed by atoms with Crippen molar-refractivity contribution in [3.63, 3.8) is 0 Å². The van der Waals surface area contributed by atoms with Gasteiger partial charge in [0.1, 0.15) is 0 Å². The number of aromatic amines is 1. The van der Waals surface area contributed by atoms with Crippen molar-refractivity contribution in [2.24, 2.45) is 0 Å². The maximum absolute atomic E-state index is 11.4. The van der Waals surface area contributed by atoms with Gasteiger partial charge >= 0.3 is 0 Å². The Balaban J connectivity index is 1.78. The second-order valence-corrected chi connectivity index (χ2v) is 7.23. The van der Waals surface area contributed by atoms with E-state index in [0.717, 1.165) is 32.4 Å². The van der Waals surface area contributed by atoms with Gasteiger partial charge in [-0.2, -0.15) is 10.1 Å². The predicted octanol–water partition coefficient (Wildman–Crippen LogP) is -0.583. The molecule has 2 aromatic heterocycles. The van der Waals surface area contributed by atoms with Crippen LogP contribution in [0, 0.1) is 0 Å². The number of hydrogen-bond donors (Lipinski definition) is 1. The third kappa shape index (κ3) is 3.07. The largest absolute Gasteiger partial charge is 0.338 e. The number of aromatic nitrogens is 5. The van der Waals surface area contributed by atoms with Crippen LogP contribution in [0.15, 0.2) is 17.6 Å². The number of rotatable bonds is 3. The fourth-order valence-corrected chi connectivity index (χ4v) is 2.61. The molecule has 0 saturated carbocycles. The minimum absolute atomic E-state index is 0.161. The first-order valence-electron chi connectivity index (χ1n) is 6.82. The van der Waals surface area contributed by atoms with E-state index in [9.17, 15) is 8.42 Å². The second kappa shape index (κ2) is 5.61. The molecule has 1 saturated heterocycles. The van der Waals surface area contributed by atoms with Crippen LogP contribution >= 0.6 is 0 Å². The number of H-pyrrole nitrogens is 1. The zero-order chi connectivity index (χ0) is 15.7. The number of nitrogens with zero attached hydrogens (tertiary/aromatic N) is 6. The molecule has 0 bridgehead atoms. The van der Waals surface area contributed by atoms with E-state index in [1.807, 2.05) is 0 Å². The molecule has 0 atom stereocenters. The lowest BCUT2D eigenvalue weighted by Gasteiger charge is -2.32. The molecule has 22 heavy (non-hydrogen) atoms. The maximum atomic E-state index is 11.4. The molecule has 1 N–H and O–H groups in total. The van der Waals surface area contributed by atoms with Crippen molar-refractivity contribution in [1.82, 2.24) is 30.0 Å². The van der Waals surface area contributed by atoms with Crippen molar-refractivity contribution < 1.29 is 8.42 Å². The van der Waals surface area contributed by atoms with E-state index in [2.05, 4.69) is 42.0 Å². The monoisotopic (exact) mass is 323 g/mol. The summed E-state index contributed by atoms with van der Waals surface area (Å²) in [6.45, 7) is 3.72. The van der Waals surface area contributed by atoms with Crippen molar-refractivity contribution in [2.45, 2.75) is 5.16 Å². The van der Waals surface area contributed by atoms with Gasteiger partial charge in [0.2, 0.25) is 20.9 Å². The lowest BCUT2D eigenvalue weighted by Crippen LogP contribution is -2.45. The molecule has 2 aromatic rings. The molecule has 3 rings (SSSR count). The van der Waals surface area contributed by atoms with E-state index in [1.165, 1.54) is 0 Å². The minimum Gasteiger partial charge on any atom is -0.338 e. The van der Waals surface area contributed by atoms with Gasteiger partial charge in [0.15, 0.2) is 5.82 Å². The molecule has 0 aliphatic carbocycles. The van der Waals surface area contributed by atoms with Crippen molar-refractivity contribution in [3.05, 3.63) is 12.4 Å². The molecule has 0 amide bonds. The zero-order valence-corrected chi connectivity index (χ0v) is 13.2. The summed E-state index contributed by atoms with van der Waals surface area (Å²) in [5.41, 5.74) is 0.573. The summed E-state index contributed by atoms with van der Waals surface area (Å²) in [7, 11) is -1.32. The van der Waals surface area contributed by atoms with Gasteiger partial charge in [0, 0.05) is 44.8 Å². The number of piperazine rings is 1. The van der Waals surface area contributed by atoms with Crippen LogP contribution in [0.3, 0.4) is 0 Å². The Hall–Kier alpha value is -2.07. The average Bonchev–Trinajstić information content (AvgIpc) is 2.98. The smallest absolute Gasteiger partial charge is 0.243 e. The van der Waals surface area contributed by atoms with Gasteiger partial charge in [-0.1, -0.05) is 0 Å². The van der Waals surface area contributed by atoms with Crippen LogP contribution in [-0.4, -0.2) is 77.9 Å². The Morgan fingerprint density at radius 3 is 2.32 bits per heavy atom. The van der Waals surface area contributed by atoms with E-state index in [4.69, 9.17) is 0 Å². The summed E-state index contributed by atoms with van der Waals surface area (Å²) >= 11 is 0. The minimum atomic E-state index is -3.40. The number of sulfone groups is 1. The van der Waals surface area contributed by atoms with Crippen LogP contribution in [0.4, 0.5) is 5.95 Å². The van der Waals surface area contributed by atoms with E-state index in [1.54, 1.807) is 12.4 Å². The van der Waals surface area contributed by atoms with Crippen LogP contribution in [0.1, 0.15) is 0 Å². The first kappa shape index (κ1) is 14.9. The molecule has 10 heteroatoms. The number of anilines is 1. The Morgan fingerprint density at radius 1 is 1.14 bits per heavy atom. The van der Waals surface area contributed by atoms with E-state index in [-0.39, 0.29) is 11.0 Å². The molecule has 3 heterocycles. The molecular weight excluding hydrogens is 306 g/mol. The highest BCUT2D eigenvalue weighted by molar-refractivity contribution is 7.90. The van der Waals surface area contributed by atoms with Crippen LogP contribution in [0.5, 0.6) is 0 Å². The highest BCUT2D eigenvalue weighted by Crippen LogP contribution is 2.16. The third-order valence-electron chi connectivity index (χ3n) is 3.50. The normalized spacial score (nSPS) is 16.9. The van der Waals surface area contributed by atoms with Gasteiger partial charge in [-0.05, 0) is 7.05 Å². The highest BCUT2D eigenvalue weighted by Gasteiger charge is 2.18. The fourth-order valence-electron chi connectivity index (χ4n) is 2.15. The average molecular weight is 323 g/mol. The predicted molar refractivity (Wildman–Crippen MR) is 80.2 cm³/mol. The Labute approximate surface area is 128 Å². The molecule has 0 aromatic carbocycles. The molecule has 0 unspecified atom stereocenters. The van der Waals surface area contributed by atoms with Gasteiger partial charge in [-0.25, -0.2) is 23.5 Å². The lowest BCUT2D eigenvalue weighted by atomic mass is 10.3. The quantitative estimate of drug-likeness (QED) is 0.799. The summed E-state index contributed by atoms with van der Waals surface area (Å²) in [4.78, 5) is 17.0. The van der Waals surface area contributed by atoms with Crippen LogP contribution in [0.25, 0.3) is 11.4 Å². The fraction of sp³-hybridized carbons (Fsp3) is 0.500. The summed E-state index contributed by atoms with van der Waals surface area (Å²) in [5, 5.41) is 6.13. The molecular formula is C12H17N7O2S. The first-order valence-corrected chi connectivity index (χ1v) is 8.71. The standard InChI is InChI=1S/C12H17N7O2S/c1-18-3-5-19(6-4-18)11-13-7-9(8-14-11)10-15-12(17-16-10)22(2,20)21/h7-8H,3-6H2,1-2H3,(H,15,16,17). The van der Waals surface area contributed by atoms with E-state index < -0.39 is 9.84 Å². The van der Waals surface area contributed by atoms with E-state index in [0.29, 0.717) is 11.5 Å². The van der Waals surface area contributed by atoms with Crippen molar-refractivity contribution in [3.8, 4) is 11.4 Å². The first-order chi connectivity index (χ1) is 10.4. The lowest BCUT2D eigenvalue weighted by molar-refractivity contribution is 0.311. The van der Waals surface area contributed by atoms with Crippen LogP contribution in [-0.2, 0) is 9.84 Å². The Morgan fingerprint density at radius 2 is 1.77 bits per heavy atom. The third-order valence-corrected chi connectivity index (χ3v) is 4.38. The Bertz CT molecular complexity index is 748. The maximum Gasteiger partial charge on any atom is 0.243 e. The topological polar surface area (TPSA) is 108 Å². The number of hydrogen-bond acceptors (Lipinski definition) is 8. The molecule has 1 aliphatic heterocycles. The molecule has 1 aliphatic rings. The van der Waals surface area contributed by atoms with Crippen LogP contribution < -0.4 is 4.90 Å². The van der Waals surface area contributed by atoms with Crippen LogP contribution in [0.2, 0.25) is 0 Å². The summed E-state index contributed by atoms with van der Waals surface area (Å²) in [6, 6.07) is 0. The van der Waals surface area contributed by atoms with Gasteiger partial charge in [-0.15, -0.1) is 0 Å². The highest BCUT2D eigenvalue weighted by atomic mass is 32.2. The second-order valence-electron chi connectivity index (χ2n) is 5.30. The van der Waals surface area contributed by atoms with Gasteiger partial charge in [0.25, 0.3) is 0 Å².